The van der Waals surface area contributed by atoms with Crippen molar-refractivity contribution in [1.29, 1.82) is 0 Å². The zero-order chi connectivity index (χ0) is 16.2. The molecule has 0 unspecified atom stereocenters. The molecule has 0 aliphatic heterocycles. The predicted octanol–water partition coefficient (Wildman–Crippen LogP) is 3.48. The second kappa shape index (κ2) is 6.97. The molecule has 0 radical (unpaired) electrons. The molecule has 0 saturated heterocycles. The quantitative estimate of drug-likeness (QED) is 0.838. The van der Waals surface area contributed by atoms with Crippen LogP contribution in [0.3, 0.4) is 0 Å². The molecule has 0 fully saturated rings. The number of rotatable bonds is 5. The van der Waals surface area contributed by atoms with E-state index >= 15 is 0 Å². The van der Waals surface area contributed by atoms with Gasteiger partial charge in [0.1, 0.15) is 10.8 Å². The first kappa shape index (κ1) is 16.6. The Morgan fingerprint density at radius 3 is 2.55 bits per heavy atom. The number of halogens is 3. The number of benzene rings is 1. The van der Waals surface area contributed by atoms with Gasteiger partial charge in [0.05, 0.1) is 5.75 Å². The summed E-state index contributed by atoms with van der Waals surface area (Å²) in [5.41, 5.74) is 0.383. The van der Waals surface area contributed by atoms with E-state index in [1.54, 1.807) is 0 Å². The molecule has 2 aromatic rings. The van der Waals surface area contributed by atoms with Crippen LogP contribution in [0.15, 0.2) is 28.6 Å². The van der Waals surface area contributed by atoms with Gasteiger partial charge in [-0.05, 0) is 31.2 Å². The van der Waals surface area contributed by atoms with Crippen molar-refractivity contribution in [2.75, 3.05) is 11.1 Å². The Kier molecular flexibility index (Phi) is 5.24. The van der Waals surface area contributed by atoms with E-state index in [1.165, 1.54) is 35.2 Å². The van der Waals surface area contributed by atoms with Gasteiger partial charge in [0.25, 0.3) is 0 Å². The van der Waals surface area contributed by atoms with Crippen molar-refractivity contribution < 1.29 is 22.7 Å². The third kappa shape index (κ3) is 5.53. The molecule has 118 valence electrons. The van der Waals surface area contributed by atoms with Gasteiger partial charge in [-0.15, -0.1) is 23.4 Å². The minimum absolute atomic E-state index is 0.134. The molecule has 22 heavy (non-hydrogen) atoms. The lowest BCUT2D eigenvalue weighted by molar-refractivity contribution is -0.274. The van der Waals surface area contributed by atoms with Crippen LogP contribution in [0.25, 0.3) is 0 Å². The number of anilines is 1. The van der Waals surface area contributed by atoms with Gasteiger partial charge < -0.3 is 10.1 Å². The molecular formula is C12H10F3N3O2S2. The normalized spacial score (nSPS) is 11.3. The van der Waals surface area contributed by atoms with Crippen molar-refractivity contribution in [3.8, 4) is 5.75 Å². The Morgan fingerprint density at radius 2 is 2.00 bits per heavy atom. The second-order valence-corrected chi connectivity index (χ2v) is 6.40. The number of hydrogen-bond acceptors (Lipinski definition) is 6. The fourth-order valence-electron chi connectivity index (χ4n) is 1.40. The van der Waals surface area contributed by atoms with Gasteiger partial charge in [0.15, 0.2) is 4.34 Å². The molecule has 0 spiro atoms. The summed E-state index contributed by atoms with van der Waals surface area (Å²) < 4.78 is 40.5. The highest BCUT2D eigenvalue weighted by atomic mass is 32.2. The van der Waals surface area contributed by atoms with Crippen molar-refractivity contribution in [2.24, 2.45) is 0 Å². The highest BCUT2D eigenvalue weighted by molar-refractivity contribution is 8.01. The zero-order valence-electron chi connectivity index (χ0n) is 11.2. The van der Waals surface area contributed by atoms with Crippen LogP contribution in [0.2, 0.25) is 0 Å². The standard InChI is InChI=1S/C12H10F3N3O2S2/c1-7-17-18-11(22-7)21-6-10(19)16-8-2-4-9(5-3-8)20-12(13,14)15/h2-5H,6H2,1H3,(H,16,19). The Balaban J connectivity index is 1.83. The van der Waals surface area contributed by atoms with Crippen molar-refractivity contribution >= 4 is 34.7 Å². The minimum atomic E-state index is -4.73. The van der Waals surface area contributed by atoms with Gasteiger partial charge in [-0.1, -0.05) is 23.1 Å². The number of aromatic nitrogens is 2. The topological polar surface area (TPSA) is 64.1 Å². The summed E-state index contributed by atoms with van der Waals surface area (Å²) in [6.45, 7) is 1.81. The molecule has 0 aliphatic rings. The number of nitrogens with one attached hydrogen (secondary N) is 1. The van der Waals surface area contributed by atoms with E-state index < -0.39 is 6.36 Å². The highest BCUT2D eigenvalue weighted by Crippen LogP contribution is 2.25. The average Bonchev–Trinajstić information content (AvgIpc) is 2.83. The number of carbonyl (C=O) groups is 1. The summed E-state index contributed by atoms with van der Waals surface area (Å²) in [4.78, 5) is 11.7. The molecule has 0 atom stereocenters. The Morgan fingerprint density at radius 1 is 1.32 bits per heavy atom. The summed E-state index contributed by atoms with van der Waals surface area (Å²) in [6, 6.07) is 4.92. The van der Waals surface area contributed by atoms with Crippen LogP contribution in [-0.4, -0.2) is 28.2 Å². The number of ether oxygens (including phenoxy) is 1. The van der Waals surface area contributed by atoms with E-state index in [0.29, 0.717) is 10.0 Å². The van der Waals surface area contributed by atoms with Crippen LogP contribution < -0.4 is 10.1 Å². The van der Waals surface area contributed by atoms with Crippen molar-refractivity contribution in [3.05, 3.63) is 29.3 Å². The number of thioether (sulfide) groups is 1. The summed E-state index contributed by atoms with van der Waals surface area (Å²) in [7, 11) is 0. The monoisotopic (exact) mass is 349 g/mol. The molecule has 0 aliphatic carbocycles. The van der Waals surface area contributed by atoms with Crippen LogP contribution in [0.1, 0.15) is 5.01 Å². The van der Waals surface area contributed by atoms with Crippen molar-refractivity contribution in [3.63, 3.8) is 0 Å². The number of nitrogens with zero attached hydrogens (tertiary/aromatic N) is 2. The Hall–Kier alpha value is -1.81. The molecule has 0 saturated carbocycles. The molecule has 1 aromatic heterocycles. The molecule has 2 rings (SSSR count). The van der Waals surface area contributed by atoms with E-state index in [1.807, 2.05) is 6.92 Å². The van der Waals surface area contributed by atoms with Gasteiger partial charge in [0, 0.05) is 5.69 Å². The lowest BCUT2D eigenvalue weighted by Gasteiger charge is -2.09. The fourth-order valence-corrected chi connectivity index (χ4v) is 3.02. The van der Waals surface area contributed by atoms with Gasteiger partial charge in [0.2, 0.25) is 5.91 Å². The Labute approximate surface area is 131 Å². The molecule has 1 amide bonds. The van der Waals surface area contributed by atoms with E-state index in [2.05, 4.69) is 20.3 Å². The molecule has 10 heteroatoms. The number of aryl methyl sites for hydroxylation is 1. The van der Waals surface area contributed by atoms with E-state index in [4.69, 9.17) is 0 Å². The smallest absolute Gasteiger partial charge is 0.406 e. The lowest BCUT2D eigenvalue weighted by atomic mass is 10.3. The van der Waals surface area contributed by atoms with Crippen molar-refractivity contribution in [2.45, 2.75) is 17.6 Å². The van der Waals surface area contributed by atoms with Gasteiger partial charge >= 0.3 is 6.36 Å². The Bertz CT molecular complexity index is 644. The summed E-state index contributed by atoms with van der Waals surface area (Å²) in [5, 5.41) is 11.1. The maximum atomic E-state index is 12.0. The molecule has 1 heterocycles. The van der Waals surface area contributed by atoms with Crippen LogP contribution in [-0.2, 0) is 4.79 Å². The van der Waals surface area contributed by atoms with E-state index in [9.17, 15) is 18.0 Å². The minimum Gasteiger partial charge on any atom is -0.406 e. The second-order valence-electron chi connectivity index (χ2n) is 4.00. The van der Waals surface area contributed by atoms with Crippen LogP contribution in [0.5, 0.6) is 5.75 Å². The van der Waals surface area contributed by atoms with Crippen LogP contribution >= 0.6 is 23.1 Å². The van der Waals surface area contributed by atoms with Crippen LogP contribution in [0.4, 0.5) is 18.9 Å². The molecule has 0 bridgehead atoms. The first-order chi connectivity index (χ1) is 10.3. The SMILES string of the molecule is Cc1nnc(SCC(=O)Nc2ccc(OC(F)(F)F)cc2)s1. The van der Waals surface area contributed by atoms with Gasteiger partial charge in [-0.3, -0.25) is 4.79 Å². The molecule has 5 nitrogen and oxygen atoms in total. The van der Waals surface area contributed by atoms with Gasteiger partial charge in [-0.25, -0.2) is 0 Å². The maximum absolute atomic E-state index is 12.0. The summed E-state index contributed by atoms with van der Waals surface area (Å²) >= 11 is 2.62. The third-order valence-corrected chi connectivity index (χ3v) is 4.18. The number of amides is 1. The third-order valence-electron chi connectivity index (χ3n) is 2.21. The summed E-state index contributed by atoms with van der Waals surface area (Å²) in [6.07, 6.45) is -4.73. The fraction of sp³-hybridized carbons (Fsp3) is 0.250. The first-order valence-electron chi connectivity index (χ1n) is 5.90. The van der Waals surface area contributed by atoms with Gasteiger partial charge in [-0.2, -0.15) is 0 Å². The first-order valence-corrected chi connectivity index (χ1v) is 7.70. The average molecular weight is 349 g/mol. The molecule has 1 N–H and O–H groups in total. The molecular weight excluding hydrogens is 339 g/mol. The zero-order valence-corrected chi connectivity index (χ0v) is 12.8. The summed E-state index contributed by atoms with van der Waals surface area (Å²) in [5.74, 6) is -0.498. The number of hydrogen-bond donors (Lipinski definition) is 1. The highest BCUT2D eigenvalue weighted by Gasteiger charge is 2.30. The maximum Gasteiger partial charge on any atom is 0.573 e. The van der Waals surface area contributed by atoms with E-state index in [-0.39, 0.29) is 17.4 Å². The van der Waals surface area contributed by atoms with Crippen molar-refractivity contribution in [1.82, 2.24) is 10.2 Å². The van der Waals surface area contributed by atoms with Crippen LogP contribution in [0, 0.1) is 6.92 Å². The largest absolute Gasteiger partial charge is 0.573 e. The lowest BCUT2D eigenvalue weighted by Crippen LogP contribution is -2.17. The predicted molar refractivity (Wildman–Crippen MR) is 77.1 cm³/mol. The van der Waals surface area contributed by atoms with E-state index in [0.717, 1.165) is 17.1 Å². The number of alkyl halides is 3. The number of carbonyl (C=O) groups excluding carboxylic acids is 1. The molecule has 1 aromatic carbocycles.